The molecule has 9 heteroatoms. The number of carbonyl (C=O) groups is 3. The fraction of sp³-hybridized carbons (Fsp3) is 0.947. The Kier molecular flexibility index (Phi) is 48.4. The predicted molar refractivity (Wildman–Crippen MR) is 274 cm³/mol. The molecule has 0 N–H and O–H groups in total. The normalized spacial score (nSPS) is 12.7. The summed E-state index contributed by atoms with van der Waals surface area (Å²) in [6, 6.07) is 0. The molecule has 0 radical (unpaired) electrons. The molecule has 9 nitrogen and oxygen atoms in total. The molecule has 0 heterocycles. The summed E-state index contributed by atoms with van der Waals surface area (Å²) in [7, 11) is 5.92. The maximum atomic E-state index is 12.8. The average molecular weight is 939 g/mol. The Hall–Kier alpha value is -1.71. The van der Waals surface area contributed by atoms with Gasteiger partial charge >= 0.3 is 11.9 Å². The molecule has 0 spiro atoms. The number of unbranched alkanes of at least 4 members (excludes halogenated alkanes) is 39. The SMILES string of the molecule is CCCCCCCCCCCCCCCCCCCCCCCCCCCCCCCCCCCCCC(=O)OC(COC(=O)CCCCCCCC)COC(OCC[N+](C)(C)C)C(=O)[O-]. The molecule has 0 aliphatic rings. The summed E-state index contributed by atoms with van der Waals surface area (Å²) >= 11 is 0. The molecular formula is C57H111NO8. The van der Waals surface area contributed by atoms with Crippen molar-refractivity contribution >= 4 is 17.9 Å². The quantitative estimate of drug-likeness (QED) is 0.0257. The van der Waals surface area contributed by atoms with Gasteiger partial charge in [-0.1, -0.05) is 264 Å². The Morgan fingerprint density at radius 1 is 0.394 bits per heavy atom. The summed E-state index contributed by atoms with van der Waals surface area (Å²) in [4.78, 5) is 36.8. The first-order valence-corrected chi connectivity index (χ1v) is 28.7. The third-order valence-electron chi connectivity index (χ3n) is 13.1. The summed E-state index contributed by atoms with van der Waals surface area (Å²) in [5, 5.41) is 11.7. The van der Waals surface area contributed by atoms with Gasteiger partial charge in [-0.3, -0.25) is 9.59 Å². The number of carboxylic acids is 1. The molecule has 0 aromatic carbocycles. The molecule has 392 valence electrons. The van der Waals surface area contributed by atoms with Gasteiger partial charge in [0.1, 0.15) is 13.2 Å². The highest BCUT2D eigenvalue weighted by atomic mass is 16.7. The molecule has 0 aromatic heterocycles. The number of nitrogens with zero attached hydrogens (tertiary/aromatic N) is 1. The standard InChI is InChI=1S/C57H111NO8/c1-6-8-10-12-14-15-16-17-18-19-20-21-22-23-24-25-26-27-28-29-30-31-32-33-34-35-36-37-38-39-40-41-42-44-46-48-55(60)66-53(51-64-54(59)47-45-43-13-11-9-7-2)52-65-57(56(61)62)63-50-49-58(3,4)5/h53,57H,6-52H2,1-5H3. The van der Waals surface area contributed by atoms with Gasteiger partial charge < -0.3 is 33.3 Å². The second-order valence-corrected chi connectivity index (χ2v) is 21.0. The van der Waals surface area contributed by atoms with Gasteiger partial charge in [-0.05, 0) is 12.8 Å². The Morgan fingerprint density at radius 3 is 0.970 bits per heavy atom. The molecule has 0 aliphatic carbocycles. The zero-order chi connectivity index (χ0) is 48.4. The van der Waals surface area contributed by atoms with E-state index in [1.54, 1.807) is 0 Å². The zero-order valence-corrected chi connectivity index (χ0v) is 44.6. The smallest absolute Gasteiger partial charge is 0.306 e. The third-order valence-corrected chi connectivity index (χ3v) is 13.1. The highest BCUT2D eigenvalue weighted by molar-refractivity contribution is 5.70. The molecule has 2 atom stereocenters. The van der Waals surface area contributed by atoms with E-state index in [-0.39, 0.29) is 32.2 Å². The molecule has 2 unspecified atom stereocenters. The van der Waals surface area contributed by atoms with Crippen molar-refractivity contribution in [3.8, 4) is 0 Å². The number of rotatable bonds is 54. The zero-order valence-electron chi connectivity index (χ0n) is 44.6. The van der Waals surface area contributed by atoms with E-state index in [2.05, 4.69) is 13.8 Å². The Bertz CT molecular complexity index is 1050. The molecule has 0 rings (SSSR count). The summed E-state index contributed by atoms with van der Waals surface area (Å²) in [5.41, 5.74) is 0. The second-order valence-electron chi connectivity index (χ2n) is 21.0. The van der Waals surface area contributed by atoms with Gasteiger partial charge in [-0.25, -0.2) is 0 Å². The van der Waals surface area contributed by atoms with E-state index in [4.69, 9.17) is 18.9 Å². The van der Waals surface area contributed by atoms with Crippen molar-refractivity contribution in [1.29, 1.82) is 0 Å². The van der Waals surface area contributed by atoms with E-state index < -0.39 is 24.3 Å². The minimum absolute atomic E-state index is 0.152. The molecule has 0 amide bonds. The first-order valence-electron chi connectivity index (χ1n) is 28.7. The Labute approximate surface area is 409 Å². The first kappa shape index (κ1) is 64.3. The van der Waals surface area contributed by atoms with E-state index in [1.807, 2.05) is 21.1 Å². The summed E-state index contributed by atoms with van der Waals surface area (Å²) in [6.45, 7) is 4.72. The molecule has 0 fully saturated rings. The topological polar surface area (TPSA) is 111 Å². The van der Waals surface area contributed by atoms with Gasteiger partial charge in [0, 0.05) is 12.8 Å². The van der Waals surface area contributed by atoms with Crippen LogP contribution >= 0.6 is 0 Å². The molecule has 0 bridgehead atoms. The highest BCUT2D eigenvalue weighted by Crippen LogP contribution is 2.18. The van der Waals surface area contributed by atoms with Crippen molar-refractivity contribution in [2.75, 3.05) is 47.5 Å². The summed E-state index contributed by atoms with van der Waals surface area (Å²) in [6.07, 6.45) is 52.3. The lowest BCUT2D eigenvalue weighted by atomic mass is 10.0. The second kappa shape index (κ2) is 49.7. The van der Waals surface area contributed by atoms with Crippen LogP contribution in [-0.4, -0.2) is 82.3 Å². The number of carbonyl (C=O) groups excluding carboxylic acids is 3. The summed E-state index contributed by atoms with van der Waals surface area (Å²) < 4.78 is 22.5. The van der Waals surface area contributed by atoms with Crippen LogP contribution in [0.3, 0.4) is 0 Å². The lowest BCUT2D eigenvalue weighted by Crippen LogP contribution is -2.44. The average Bonchev–Trinajstić information content (AvgIpc) is 3.28. The number of quaternary nitrogens is 1. The predicted octanol–water partition coefficient (Wildman–Crippen LogP) is 15.1. The molecular weight excluding hydrogens is 827 g/mol. The Morgan fingerprint density at radius 2 is 0.682 bits per heavy atom. The number of hydrogen-bond donors (Lipinski definition) is 0. The largest absolute Gasteiger partial charge is 0.545 e. The van der Waals surface area contributed by atoms with Crippen LogP contribution < -0.4 is 5.11 Å². The molecule has 0 saturated heterocycles. The molecule has 0 aliphatic heterocycles. The maximum absolute atomic E-state index is 12.8. The first-order chi connectivity index (χ1) is 32.1. The minimum Gasteiger partial charge on any atom is -0.545 e. The molecule has 0 aromatic rings. The number of aliphatic carboxylic acids is 1. The van der Waals surface area contributed by atoms with Gasteiger partial charge in [-0.2, -0.15) is 0 Å². The van der Waals surface area contributed by atoms with Crippen LogP contribution in [0.1, 0.15) is 290 Å². The van der Waals surface area contributed by atoms with Crippen LogP contribution in [0.2, 0.25) is 0 Å². The van der Waals surface area contributed by atoms with E-state index in [0.717, 1.165) is 44.9 Å². The fourth-order valence-corrected chi connectivity index (χ4v) is 8.66. The summed E-state index contributed by atoms with van der Waals surface area (Å²) in [5.74, 6) is -2.27. The van der Waals surface area contributed by atoms with E-state index >= 15 is 0 Å². The number of carboxylic acid groups (broad SMARTS) is 1. The van der Waals surface area contributed by atoms with Gasteiger partial charge in [0.2, 0.25) is 0 Å². The van der Waals surface area contributed by atoms with Crippen LogP contribution in [0.25, 0.3) is 0 Å². The third kappa shape index (κ3) is 50.2. The maximum Gasteiger partial charge on any atom is 0.306 e. The Balaban J connectivity index is 3.81. The van der Waals surface area contributed by atoms with Gasteiger partial charge in [-0.15, -0.1) is 0 Å². The monoisotopic (exact) mass is 938 g/mol. The van der Waals surface area contributed by atoms with Crippen molar-refractivity contribution < 1.29 is 42.9 Å². The number of esters is 2. The van der Waals surface area contributed by atoms with Crippen LogP contribution in [0, 0.1) is 0 Å². The van der Waals surface area contributed by atoms with Gasteiger partial charge in [0.05, 0.1) is 40.3 Å². The van der Waals surface area contributed by atoms with Gasteiger partial charge in [0.25, 0.3) is 0 Å². The number of likely N-dealkylation sites (N-methyl/N-ethyl adjacent to an activating group) is 1. The number of ether oxygens (including phenoxy) is 4. The van der Waals surface area contributed by atoms with Crippen LogP contribution in [-0.2, 0) is 33.3 Å². The van der Waals surface area contributed by atoms with Crippen molar-refractivity contribution in [1.82, 2.24) is 0 Å². The van der Waals surface area contributed by atoms with E-state index in [0.29, 0.717) is 17.4 Å². The van der Waals surface area contributed by atoms with E-state index in [9.17, 15) is 19.5 Å². The fourth-order valence-electron chi connectivity index (χ4n) is 8.66. The highest BCUT2D eigenvalue weighted by Gasteiger charge is 2.22. The van der Waals surface area contributed by atoms with Crippen molar-refractivity contribution in [3.63, 3.8) is 0 Å². The lowest BCUT2D eigenvalue weighted by Gasteiger charge is -2.26. The minimum atomic E-state index is -1.61. The molecule has 0 saturated carbocycles. The number of hydrogen-bond acceptors (Lipinski definition) is 8. The lowest BCUT2D eigenvalue weighted by molar-refractivity contribution is -0.870. The van der Waals surface area contributed by atoms with Crippen LogP contribution in [0.15, 0.2) is 0 Å². The van der Waals surface area contributed by atoms with Crippen molar-refractivity contribution in [3.05, 3.63) is 0 Å². The van der Waals surface area contributed by atoms with Crippen LogP contribution in [0.5, 0.6) is 0 Å². The molecule has 66 heavy (non-hydrogen) atoms. The van der Waals surface area contributed by atoms with Crippen LogP contribution in [0.4, 0.5) is 0 Å². The van der Waals surface area contributed by atoms with Gasteiger partial charge in [0.15, 0.2) is 12.4 Å². The van der Waals surface area contributed by atoms with Crippen molar-refractivity contribution in [2.45, 2.75) is 302 Å². The van der Waals surface area contributed by atoms with E-state index in [1.165, 1.54) is 218 Å². The van der Waals surface area contributed by atoms with Crippen molar-refractivity contribution in [2.24, 2.45) is 0 Å².